The number of carbonyl (C=O) groups is 2. The first kappa shape index (κ1) is 20.5. The summed E-state index contributed by atoms with van der Waals surface area (Å²) in [6.45, 7) is 2.83. The molecule has 0 bridgehead atoms. The molecule has 7 heteroatoms. The number of nitrogens with one attached hydrogen (secondary N) is 2. The van der Waals surface area contributed by atoms with Gasteiger partial charge in [0.25, 0.3) is 11.8 Å². The van der Waals surface area contributed by atoms with Crippen LogP contribution in [-0.4, -0.2) is 29.4 Å². The zero-order chi connectivity index (χ0) is 21.3. The molecule has 4 N–H and O–H groups in total. The first-order valence-electron chi connectivity index (χ1n) is 10.6. The molecule has 2 atom stereocenters. The number of halogens is 1. The van der Waals surface area contributed by atoms with Crippen LogP contribution in [0.1, 0.15) is 58.9 Å². The number of aromatic nitrogens is 1. The lowest BCUT2D eigenvalue weighted by molar-refractivity contribution is 0.0942. The number of rotatable bonds is 8. The highest BCUT2D eigenvalue weighted by Crippen LogP contribution is 2.40. The highest BCUT2D eigenvalue weighted by Gasteiger charge is 2.35. The molecule has 0 saturated heterocycles. The zero-order valence-electron chi connectivity index (χ0n) is 17.1. The number of benzene rings is 1. The fraction of sp³-hybridized carbons (Fsp3) is 0.435. The third kappa shape index (κ3) is 4.51. The minimum atomic E-state index is -0.533. The summed E-state index contributed by atoms with van der Waals surface area (Å²) in [6.07, 6.45) is 5.70. The van der Waals surface area contributed by atoms with Crippen molar-refractivity contribution in [3.8, 4) is 11.3 Å². The number of carbonyl (C=O) groups excluding carboxylic acids is 2. The molecule has 2 unspecified atom stereocenters. The monoisotopic (exact) mass is 410 g/mol. The van der Waals surface area contributed by atoms with Gasteiger partial charge in [-0.3, -0.25) is 14.6 Å². The fourth-order valence-electron chi connectivity index (χ4n) is 3.77. The highest BCUT2D eigenvalue weighted by atomic mass is 19.1. The van der Waals surface area contributed by atoms with Crippen LogP contribution in [0.2, 0.25) is 0 Å². The van der Waals surface area contributed by atoms with Gasteiger partial charge >= 0.3 is 0 Å². The molecule has 0 radical (unpaired) electrons. The summed E-state index contributed by atoms with van der Waals surface area (Å²) in [5.41, 5.74) is 7.67. The maximum absolute atomic E-state index is 14.6. The van der Waals surface area contributed by atoms with Crippen LogP contribution in [0.3, 0.4) is 0 Å². The van der Waals surface area contributed by atoms with Gasteiger partial charge in [-0.2, -0.15) is 0 Å². The maximum Gasteiger partial charge on any atom is 0.252 e. The van der Waals surface area contributed by atoms with E-state index >= 15 is 0 Å². The first-order valence-corrected chi connectivity index (χ1v) is 10.6. The molecule has 2 aromatic rings. The standard InChI is InChI=1S/C23H27FN4O2/c1-2-13-7-16(13)12-27-22(29)14-3-6-21(26-11-14)18-8-15(9-20(24)19(18)10-25)23(30)28-17-4-5-17/h3,6,8-9,11,13,16-17H,2,4-5,7,10,12,25H2,1H3,(H,27,29)(H,28,30). The summed E-state index contributed by atoms with van der Waals surface area (Å²) < 4.78 is 14.6. The second-order valence-electron chi connectivity index (χ2n) is 8.24. The van der Waals surface area contributed by atoms with Gasteiger partial charge in [-0.25, -0.2) is 4.39 Å². The molecule has 6 nitrogen and oxygen atoms in total. The van der Waals surface area contributed by atoms with Crippen LogP contribution in [0, 0.1) is 17.7 Å². The minimum absolute atomic E-state index is 0.0183. The lowest BCUT2D eigenvalue weighted by Gasteiger charge is -2.12. The van der Waals surface area contributed by atoms with Crippen LogP contribution < -0.4 is 16.4 Å². The van der Waals surface area contributed by atoms with E-state index in [9.17, 15) is 14.0 Å². The van der Waals surface area contributed by atoms with Crippen LogP contribution in [0.25, 0.3) is 11.3 Å². The minimum Gasteiger partial charge on any atom is -0.352 e. The van der Waals surface area contributed by atoms with Crippen LogP contribution >= 0.6 is 0 Å². The predicted octanol–water partition coefficient (Wildman–Crippen LogP) is 3.01. The Morgan fingerprint density at radius 1 is 1.17 bits per heavy atom. The van der Waals surface area contributed by atoms with E-state index in [0.717, 1.165) is 25.2 Å². The number of nitrogens with zero attached hydrogens (tertiary/aromatic N) is 1. The lowest BCUT2D eigenvalue weighted by Crippen LogP contribution is -2.26. The second-order valence-corrected chi connectivity index (χ2v) is 8.24. The van der Waals surface area contributed by atoms with Crippen molar-refractivity contribution in [3.05, 3.63) is 53.0 Å². The van der Waals surface area contributed by atoms with Crippen LogP contribution in [0.15, 0.2) is 30.5 Å². The second kappa shape index (κ2) is 8.52. The first-order chi connectivity index (χ1) is 14.5. The van der Waals surface area contributed by atoms with Crippen molar-refractivity contribution >= 4 is 11.8 Å². The van der Waals surface area contributed by atoms with Crippen LogP contribution in [0.5, 0.6) is 0 Å². The zero-order valence-corrected chi connectivity index (χ0v) is 17.1. The topological polar surface area (TPSA) is 97.1 Å². The van der Waals surface area contributed by atoms with Crippen LogP contribution in [-0.2, 0) is 6.54 Å². The lowest BCUT2D eigenvalue weighted by atomic mass is 9.99. The van der Waals surface area contributed by atoms with E-state index in [1.807, 2.05) is 0 Å². The van der Waals surface area contributed by atoms with Gasteiger partial charge in [-0.1, -0.05) is 13.3 Å². The average molecular weight is 410 g/mol. The van der Waals surface area contributed by atoms with Crippen LogP contribution in [0.4, 0.5) is 4.39 Å². The molecular weight excluding hydrogens is 383 g/mol. The SMILES string of the molecule is CCC1CC1CNC(=O)c1ccc(-c2cc(C(=O)NC3CC3)cc(F)c2CN)nc1. The molecule has 0 aliphatic heterocycles. The smallest absolute Gasteiger partial charge is 0.252 e. The molecule has 2 amide bonds. The summed E-state index contributed by atoms with van der Waals surface area (Å²) in [4.78, 5) is 29.1. The number of pyridine rings is 1. The Bertz CT molecular complexity index is 956. The summed E-state index contributed by atoms with van der Waals surface area (Å²) in [7, 11) is 0. The number of nitrogens with two attached hydrogens (primary N) is 1. The molecule has 4 rings (SSSR count). The Morgan fingerprint density at radius 2 is 1.97 bits per heavy atom. The van der Waals surface area contributed by atoms with Gasteiger partial charge in [0.15, 0.2) is 0 Å². The average Bonchev–Trinajstić information content (AvgIpc) is 3.67. The Labute approximate surface area is 175 Å². The van der Waals surface area contributed by atoms with Crippen molar-refractivity contribution in [1.29, 1.82) is 0 Å². The summed E-state index contributed by atoms with van der Waals surface area (Å²) in [5, 5.41) is 5.82. The van der Waals surface area contributed by atoms with Gasteiger partial charge in [0.2, 0.25) is 0 Å². The molecule has 2 fully saturated rings. The van der Waals surface area contributed by atoms with E-state index in [0.29, 0.717) is 34.8 Å². The molecule has 1 aromatic carbocycles. The fourth-order valence-corrected chi connectivity index (χ4v) is 3.77. The molecular formula is C23H27FN4O2. The van der Waals surface area contributed by atoms with Gasteiger partial charge in [-0.05, 0) is 55.4 Å². The van der Waals surface area contributed by atoms with Crippen molar-refractivity contribution in [2.24, 2.45) is 17.6 Å². The summed E-state index contributed by atoms with van der Waals surface area (Å²) in [5.74, 6) is 0.293. The van der Waals surface area contributed by atoms with Gasteiger partial charge in [0.1, 0.15) is 5.82 Å². The number of hydrogen-bond donors (Lipinski definition) is 3. The van der Waals surface area contributed by atoms with Crippen molar-refractivity contribution in [2.45, 2.75) is 45.2 Å². The van der Waals surface area contributed by atoms with E-state index in [1.165, 1.54) is 18.7 Å². The molecule has 30 heavy (non-hydrogen) atoms. The third-order valence-electron chi connectivity index (χ3n) is 5.99. The Balaban J connectivity index is 1.51. The van der Waals surface area contributed by atoms with E-state index in [1.54, 1.807) is 18.2 Å². The Morgan fingerprint density at radius 3 is 2.57 bits per heavy atom. The van der Waals surface area contributed by atoms with Crippen molar-refractivity contribution in [3.63, 3.8) is 0 Å². The summed E-state index contributed by atoms with van der Waals surface area (Å²) in [6, 6.07) is 6.33. The summed E-state index contributed by atoms with van der Waals surface area (Å²) >= 11 is 0. The predicted molar refractivity (Wildman–Crippen MR) is 112 cm³/mol. The largest absolute Gasteiger partial charge is 0.352 e. The number of hydrogen-bond acceptors (Lipinski definition) is 4. The van der Waals surface area contributed by atoms with Gasteiger partial charge in [-0.15, -0.1) is 0 Å². The Hall–Kier alpha value is -2.80. The molecule has 2 saturated carbocycles. The normalized spacial score (nSPS) is 20.0. The van der Waals surface area contributed by atoms with Gasteiger partial charge in [0, 0.05) is 42.0 Å². The van der Waals surface area contributed by atoms with Crippen molar-refractivity contribution in [2.75, 3.05) is 6.54 Å². The van der Waals surface area contributed by atoms with E-state index in [4.69, 9.17) is 5.73 Å². The Kier molecular flexibility index (Phi) is 5.81. The molecule has 2 aliphatic rings. The third-order valence-corrected chi connectivity index (χ3v) is 5.99. The highest BCUT2D eigenvalue weighted by molar-refractivity contribution is 5.96. The van der Waals surface area contributed by atoms with Crippen molar-refractivity contribution < 1.29 is 14.0 Å². The maximum atomic E-state index is 14.6. The van der Waals surface area contributed by atoms with E-state index in [-0.39, 0.29) is 30.0 Å². The van der Waals surface area contributed by atoms with Gasteiger partial charge < -0.3 is 16.4 Å². The quantitative estimate of drug-likeness (QED) is 0.623. The molecule has 2 aliphatic carbocycles. The van der Waals surface area contributed by atoms with Crippen molar-refractivity contribution in [1.82, 2.24) is 15.6 Å². The van der Waals surface area contributed by atoms with E-state index < -0.39 is 5.82 Å². The number of amides is 2. The van der Waals surface area contributed by atoms with Gasteiger partial charge in [0.05, 0.1) is 11.3 Å². The van der Waals surface area contributed by atoms with E-state index in [2.05, 4.69) is 22.5 Å². The molecule has 0 spiro atoms. The molecule has 1 heterocycles. The molecule has 1 aromatic heterocycles. The molecule has 158 valence electrons.